The van der Waals surface area contributed by atoms with Crippen LogP contribution >= 0.6 is 0 Å². The van der Waals surface area contributed by atoms with E-state index in [4.69, 9.17) is 14.6 Å². The van der Waals surface area contributed by atoms with Crippen molar-refractivity contribution in [2.24, 2.45) is 0 Å². The lowest BCUT2D eigenvalue weighted by Gasteiger charge is -2.18. The molecule has 1 atom stereocenters. The number of hydrogen-bond acceptors (Lipinski definition) is 5. The Bertz CT molecular complexity index is 882. The largest absolute Gasteiger partial charge is 0.481 e. The minimum Gasteiger partial charge on any atom is -0.481 e. The number of hydrogen-bond donors (Lipinski definition) is 2. The fourth-order valence-corrected chi connectivity index (χ4v) is 4.02. The summed E-state index contributed by atoms with van der Waals surface area (Å²) < 4.78 is 38.5. The summed E-state index contributed by atoms with van der Waals surface area (Å²) >= 11 is 0. The van der Waals surface area contributed by atoms with Gasteiger partial charge in [-0.2, -0.15) is 0 Å². The summed E-state index contributed by atoms with van der Waals surface area (Å²) in [6, 6.07) is 13.2. The van der Waals surface area contributed by atoms with E-state index in [0.717, 1.165) is 5.56 Å². The van der Waals surface area contributed by atoms with Crippen molar-refractivity contribution >= 4 is 16.0 Å². The minimum absolute atomic E-state index is 0.0511. The van der Waals surface area contributed by atoms with E-state index >= 15 is 0 Å². The van der Waals surface area contributed by atoms with Crippen LogP contribution in [0.1, 0.15) is 18.4 Å². The van der Waals surface area contributed by atoms with Crippen LogP contribution in [0.15, 0.2) is 53.4 Å². The molecule has 2 aromatic rings. The molecule has 0 saturated carbocycles. The van der Waals surface area contributed by atoms with E-state index < -0.39 is 22.0 Å². The van der Waals surface area contributed by atoms with Crippen LogP contribution in [-0.2, 0) is 21.2 Å². The van der Waals surface area contributed by atoms with Crippen LogP contribution in [0.25, 0.3) is 0 Å². The van der Waals surface area contributed by atoms with E-state index in [0.29, 0.717) is 17.9 Å². The lowest BCUT2D eigenvalue weighted by Crippen LogP contribution is -2.36. The van der Waals surface area contributed by atoms with Crippen LogP contribution < -0.4 is 14.2 Å². The second kappa shape index (κ2) is 7.76. The molecule has 26 heavy (non-hydrogen) atoms. The zero-order chi connectivity index (χ0) is 18.6. The van der Waals surface area contributed by atoms with Gasteiger partial charge in [0.25, 0.3) is 0 Å². The highest BCUT2D eigenvalue weighted by Gasteiger charge is 2.24. The first-order valence-electron chi connectivity index (χ1n) is 8.12. The summed E-state index contributed by atoms with van der Waals surface area (Å²) in [7, 11) is -3.83. The van der Waals surface area contributed by atoms with Crippen LogP contribution in [0.4, 0.5) is 0 Å². The molecule has 1 heterocycles. The average molecular weight is 377 g/mol. The number of benzene rings is 2. The molecular weight excluding hydrogens is 358 g/mol. The molecule has 0 aliphatic carbocycles. The number of nitrogens with one attached hydrogen (secondary N) is 1. The first kappa shape index (κ1) is 18.2. The number of ether oxygens (including phenoxy) is 2. The van der Waals surface area contributed by atoms with Gasteiger partial charge in [-0.1, -0.05) is 30.3 Å². The van der Waals surface area contributed by atoms with Crippen LogP contribution in [0.3, 0.4) is 0 Å². The Hall–Kier alpha value is -2.58. The summed E-state index contributed by atoms with van der Waals surface area (Å²) in [4.78, 5) is 11.0. The van der Waals surface area contributed by atoms with Crippen LogP contribution in [0, 0.1) is 0 Å². The molecule has 0 saturated heterocycles. The van der Waals surface area contributed by atoms with Gasteiger partial charge in [0.1, 0.15) is 0 Å². The molecule has 0 spiro atoms. The zero-order valence-electron chi connectivity index (χ0n) is 13.9. The van der Waals surface area contributed by atoms with Gasteiger partial charge in [-0.25, -0.2) is 13.1 Å². The molecule has 3 rings (SSSR count). The molecule has 2 aromatic carbocycles. The zero-order valence-corrected chi connectivity index (χ0v) is 14.7. The molecule has 1 unspecified atom stereocenters. The first-order chi connectivity index (χ1) is 12.4. The molecule has 0 bridgehead atoms. The Morgan fingerprint density at radius 3 is 2.58 bits per heavy atom. The number of carboxylic acids is 1. The summed E-state index contributed by atoms with van der Waals surface area (Å²) in [5, 5.41) is 8.94. The van der Waals surface area contributed by atoms with Crippen molar-refractivity contribution in [1.82, 2.24) is 4.72 Å². The quantitative estimate of drug-likeness (QED) is 0.731. The van der Waals surface area contributed by atoms with Gasteiger partial charge in [0.2, 0.25) is 16.8 Å². The van der Waals surface area contributed by atoms with Crippen molar-refractivity contribution in [2.75, 3.05) is 6.79 Å². The third-order valence-corrected chi connectivity index (χ3v) is 5.53. The predicted molar refractivity (Wildman–Crippen MR) is 93.7 cm³/mol. The Labute approximate surface area is 151 Å². The SMILES string of the molecule is O=C(O)CCC(Cc1ccccc1)NS(=O)(=O)c1ccc2c(c1)OCO2. The third kappa shape index (κ3) is 4.53. The van der Waals surface area contributed by atoms with Gasteiger partial charge in [0, 0.05) is 18.5 Å². The van der Waals surface area contributed by atoms with Gasteiger partial charge in [0.15, 0.2) is 11.5 Å². The van der Waals surface area contributed by atoms with E-state index in [1.165, 1.54) is 12.1 Å². The predicted octanol–water partition coefficient (Wildman–Crippen LogP) is 2.17. The molecule has 138 valence electrons. The molecule has 0 aromatic heterocycles. The molecular formula is C18H19NO6S. The highest BCUT2D eigenvalue weighted by atomic mass is 32.2. The summed E-state index contributed by atoms with van der Waals surface area (Å²) in [5.74, 6) is -0.0981. The minimum atomic E-state index is -3.83. The Kier molecular flexibility index (Phi) is 5.43. The van der Waals surface area contributed by atoms with Gasteiger partial charge in [-0.3, -0.25) is 4.79 Å². The lowest BCUT2D eigenvalue weighted by molar-refractivity contribution is -0.137. The molecule has 1 aliphatic rings. The van der Waals surface area contributed by atoms with Gasteiger partial charge in [0.05, 0.1) is 4.90 Å². The van der Waals surface area contributed by atoms with Gasteiger partial charge < -0.3 is 14.6 Å². The van der Waals surface area contributed by atoms with Crippen molar-refractivity contribution in [2.45, 2.75) is 30.2 Å². The van der Waals surface area contributed by atoms with Crippen LogP contribution in [0.2, 0.25) is 0 Å². The number of sulfonamides is 1. The van der Waals surface area contributed by atoms with E-state index in [1.807, 2.05) is 30.3 Å². The number of rotatable bonds is 8. The standard InChI is InChI=1S/C18H19NO6S/c20-18(21)9-6-14(10-13-4-2-1-3-5-13)19-26(22,23)15-7-8-16-17(11-15)25-12-24-16/h1-5,7-8,11,14,19H,6,9-10,12H2,(H,20,21). The normalized spacial score (nSPS) is 14.2. The number of carboxylic acid groups (broad SMARTS) is 1. The molecule has 0 radical (unpaired) electrons. The maximum Gasteiger partial charge on any atom is 0.303 e. The Morgan fingerprint density at radius 1 is 1.12 bits per heavy atom. The van der Waals surface area contributed by atoms with Crippen molar-refractivity contribution in [1.29, 1.82) is 0 Å². The Morgan fingerprint density at radius 2 is 1.85 bits per heavy atom. The molecule has 0 fully saturated rings. The fraction of sp³-hybridized carbons (Fsp3) is 0.278. The molecule has 8 heteroatoms. The van der Waals surface area contributed by atoms with E-state index in [9.17, 15) is 13.2 Å². The monoisotopic (exact) mass is 377 g/mol. The van der Waals surface area contributed by atoms with E-state index in [-0.39, 0.29) is 24.5 Å². The maximum atomic E-state index is 12.7. The summed E-state index contributed by atoms with van der Waals surface area (Å²) in [6.07, 6.45) is 0.465. The number of fused-ring (bicyclic) bond motifs is 1. The van der Waals surface area contributed by atoms with Crippen LogP contribution in [0.5, 0.6) is 11.5 Å². The molecule has 0 amide bonds. The Balaban J connectivity index is 1.78. The molecule has 7 nitrogen and oxygen atoms in total. The summed E-state index contributed by atoms with van der Waals surface area (Å²) in [5.41, 5.74) is 0.927. The smallest absolute Gasteiger partial charge is 0.303 e. The van der Waals surface area contributed by atoms with Crippen molar-refractivity contribution in [3.8, 4) is 11.5 Å². The number of aliphatic carboxylic acids is 1. The van der Waals surface area contributed by atoms with Crippen molar-refractivity contribution in [3.63, 3.8) is 0 Å². The van der Waals surface area contributed by atoms with Gasteiger partial charge >= 0.3 is 5.97 Å². The van der Waals surface area contributed by atoms with Gasteiger partial charge in [-0.05, 0) is 30.5 Å². The fourth-order valence-electron chi connectivity index (χ4n) is 2.73. The van der Waals surface area contributed by atoms with E-state index in [2.05, 4.69) is 4.72 Å². The molecule has 1 aliphatic heterocycles. The average Bonchev–Trinajstić information content (AvgIpc) is 3.08. The maximum absolute atomic E-state index is 12.7. The highest BCUT2D eigenvalue weighted by molar-refractivity contribution is 7.89. The van der Waals surface area contributed by atoms with Gasteiger partial charge in [-0.15, -0.1) is 0 Å². The van der Waals surface area contributed by atoms with Crippen LogP contribution in [-0.4, -0.2) is 32.3 Å². The van der Waals surface area contributed by atoms with Crippen molar-refractivity contribution < 1.29 is 27.8 Å². The first-order valence-corrected chi connectivity index (χ1v) is 9.60. The van der Waals surface area contributed by atoms with Crippen molar-refractivity contribution in [3.05, 3.63) is 54.1 Å². The molecule has 2 N–H and O–H groups in total. The highest BCUT2D eigenvalue weighted by Crippen LogP contribution is 2.33. The second-order valence-corrected chi connectivity index (χ2v) is 7.67. The third-order valence-electron chi connectivity index (χ3n) is 4.01. The summed E-state index contributed by atoms with van der Waals surface area (Å²) in [6.45, 7) is 0.0571. The van der Waals surface area contributed by atoms with E-state index in [1.54, 1.807) is 6.07 Å². The lowest BCUT2D eigenvalue weighted by atomic mass is 10.0. The number of carbonyl (C=O) groups is 1. The second-order valence-electron chi connectivity index (χ2n) is 5.96. The topological polar surface area (TPSA) is 102 Å².